The van der Waals surface area contributed by atoms with Crippen LogP contribution in [0.4, 0.5) is 0 Å². The van der Waals surface area contributed by atoms with Crippen LogP contribution in [0.3, 0.4) is 0 Å². The minimum Gasteiger partial charge on any atom is -0.496 e. The van der Waals surface area contributed by atoms with Gasteiger partial charge in [0, 0.05) is 23.0 Å². The van der Waals surface area contributed by atoms with E-state index in [1.165, 1.54) is 22.3 Å². The van der Waals surface area contributed by atoms with Gasteiger partial charge in [-0.15, -0.1) is 0 Å². The molecule has 2 heteroatoms. The van der Waals surface area contributed by atoms with Gasteiger partial charge < -0.3 is 9.47 Å². The van der Waals surface area contributed by atoms with Crippen molar-refractivity contribution >= 4 is 0 Å². The summed E-state index contributed by atoms with van der Waals surface area (Å²) in [6.07, 6.45) is 4.58. The predicted octanol–water partition coefficient (Wildman–Crippen LogP) is 3.79. The Kier molecular flexibility index (Phi) is 2.47. The van der Waals surface area contributed by atoms with E-state index in [9.17, 15) is 0 Å². The molecule has 2 aliphatic carbocycles. The second-order valence-corrected chi connectivity index (χ2v) is 5.09. The van der Waals surface area contributed by atoms with E-state index in [1.807, 2.05) is 12.1 Å². The van der Waals surface area contributed by atoms with Crippen LogP contribution in [0.1, 0.15) is 36.8 Å². The Morgan fingerprint density at radius 2 is 1.33 bits per heavy atom. The van der Waals surface area contributed by atoms with Gasteiger partial charge in [-0.25, -0.2) is 0 Å². The highest BCUT2D eigenvalue weighted by molar-refractivity contribution is 5.68. The zero-order valence-corrected chi connectivity index (χ0v) is 11.3. The summed E-state index contributed by atoms with van der Waals surface area (Å²) in [6.45, 7) is 4.38. The summed E-state index contributed by atoms with van der Waals surface area (Å²) in [6, 6.07) is 4.02. The van der Waals surface area contributed by atoms with Gasteiger partial charge in [-0.3, -0.25) is 0 Å². The fourth-order valence-corrected chi connectivity index (χ4v) is 3.34. The highest BCUT2D eigenvalue weighted by Crippen LogP contribution is 2.58. The number of methoxy groups -OCH3 is 2. The quantitative estimate of drug-likeness (QED) is 0.734. The molecule has 0 saturated heterocycles. The van der Waals surface area contributed by atoms with Gasteiger partial charge in [-0.1, -0.05) is 17.7 Å². The van der Waals surface area contributed by atoms with Crippen LogP contribution in [0.25, 0.3) is 0 Å². The van der Waals surface area contributed by atoms with E-state index in [-0.39, 0.29) is 0 Å². The molecule has 0 aromatic heterocycles. The maximum Gasteiger partial charge on any atom is 0.123 e. The zero-order chi connectivity index (χ0) is 12.9. The number of rotatable bonds is 2. The van der Waals surface area contributed by atoms with Crippen molar-refractivity contribution in [3.8, 4) is 11.5 Å². The lowest BCUT2D eigenvalue weighted by atomic mass is 9.95. The summed E-state index contributed by atoms with van der Waals surface area (Å²) in [5.41, 5.74) is 5.48. The lowest BCUT2D eigenvalue weighted by Crippen LogP contribution is -2.00. The van der Waals surface area contributed by atoms with Crippen molar-refractivity contribution in [2.24, 2.45) is 0 Å². The molecule has 18 heavy (non-hydrogen) atoms. The summed E-state index contributed by atoms with van der Waals surface area (Å²) in [4.78, 5) is 0. The van der Waals surface area contributed by atoms with Gasteiger partial charge in [0.1, 0.15) is 11.5 Å². The Morgan fingerprint density at radius 1 is 0.889 bits per heavy atom. The SMILES string of the molecule is COc1ccc(OC)c2c1C1C=CC2C1=C(C)C. The van der Waals surface area contributed by atoms with E-state index in [4.69, 9.17) is 9.47 Å². The van der Waals surface area contributed by atoms with Gasteiger partial charge in [-0.05, 0) is 31.6 Å². The number of fused-ring (bicyclic) bond motifs is 5. The highest BCUT2D eigenvalue weighted by atomic mass is 16.5. The first-order chi connectivity index (χ1) is 8.69. The fraction of sp³-hybridized carbons (Fsp3) is 0.375. The Labute approximate surface area is 108 Å². The molecule has 0 fully saturated rings. The average molecular weight is 242 g/mol. The Morgan fingerprint density at radius 3 is 1.67 bits per heavy atom. The molecule has 0 amide bonds. The van der Waals surface area contributed by atoms with Gasteiger partial charge in [0.05, 0.1) is 14.2 Å². The Bertz CT molecular complexity index is 520. The number of ether oxygens (including phenoxy) is 2. The number of hydrogen-bond donors (Lipinski definition) is 0. The normalized spacial score (nSPS) is 23.2. The molecule has 1 aromatic rings. The fourth-order valence-electron chi connectivity index (χ4n) is 3.34. The van der Waals surface area contributed by atoms with Crippen molar-refractivity contribution in [2.75, 3.05) is 14.2 Å². The molecule has 2 nitrogen and oxygen atoms in total. The van der Waals surface area contributed by atoms with Crippen LogP contribution in [0, 0.1) is 0 Å². The summed E-state index contributed by atoms with van der Waals surface area (Å²) in [7, 11) is 3.47. The van der Waals surface area contributed by atoms with Crippen LogP contribution in [0.15, 0.2) is 35.4 Å². The van der Waals surface area contributed by atoms with Crippen molar-refractivity contribution < 1.29 is 9.47 Å². The maximum atomic E-state index is 5.53. The van der Waals surface area contributed by atoms with Gasteiger partial charge in [-0.2, -0.15) is 0 Å². The first-order valence-electron chi connectivity index (χ1n) is 6.29. The number of allylic oxidation sites excluding steroid dienone is 4. The number of hydrogen-bond acceptors (Lipinski definition) is 2. The van der Waals surface area contributed by atoms with Crippen LogP contribution in [0.5, 0.6) is 11.5 Å². The van der Waals surface area contributed by atoms with Crippen LogP contribution in [-0.2, 0) is 0 Å². The molecule has 2 atom stereocenters. The second-order valence-electron chi connectivity index (χ2n) is 5.09. The van der Waals surface area contributed by atoms with Crippen LogP contribution >= 0.6 is 0 Å². The highest BCUT2D eigenvalue weighted by Gasteiger charge is 2.42. The summed E-state index contributed by atoms with van der Waals surface area (Å²) < 4.78 is 11.1. The summed E-state index contributed by atoms with van der Waals surface area (Å²) in [5.74, 6) is 2.70. The summed E-state index contributed by atoms with van der Waals surface area (Å²) >= 11 is 0. The summed E-state index contributed by atoms with van der Waals surface area (Å²) in [5, 5.41) is 0. The first-order valence-corrected chi connectivity index (χ1v) is 6.29. The first kappa shape index (κ1) is 11.4. The van der Waals surface area contributed by atoms with E-state index in [0.717, 1.165) is 11.5 Å². The van der Waals surface area contributed by atoms with Gasteiger partial charge >= 0.3 is 0 Å². The van der Waals surface area contributed by atoms with Crippen molar-refractivity contribution in [3.05, 3.63) is 46.6 Å². The molecular formula is C16H18O2. The molecule has 2 bridgehead atoms. The van der Waals surface area contributed by atoms with E-state index >= 15 is 0 Å². The van der Waals surface area contributed by atoms with Crippen molar-refractivity contribution in [1.82, 2.24) is 0 Å². The smallest absolute Gasteiger partial charge is 0.123 e. The minimum absolute atomic E-state index is 0.375. The molecule has 2 aliphatic rings. The largest absolute Gasteiger partial charge is 0.496 e. The van der Waals surface area contributed by atoms with E-state index in [0.29, 0.717) is 11.8 Å². The molecular weight excluding hydrogens is 224 g/mol. The van der Waals surface area contributed by atoms with E-state index in [1.54, 1.807) is 14.2 Å². The van der Waals surface area contributed by atoms with Gasteiger partial charge in [0.15, 0.2) is 0 Å². The van der Waals surface area contributed by atoms with E-state index in [2.05, 4.69) is 26.0 Å². The van der Waals surface area contributed by atoms with Crippen molar-refractivity contribution in [2.45, 2.75) is 25.7 Å². The van der Waals surface area contributed by atoms with E-state index < -0.39 is 0 Å². The second kappa shape index (κ2) is 3.91. The predicted molar refractivity (Wildman–Crippen MR) is 72.5 cm³/mol. The van der Waals surface area contributed by atoms with Gasteiger partial charge in [0.25, 0.3) is 0 Å². The molecule has 1 aromatic carbocycles. The molecule has 0 saturated carbocycles. The van der Waals surface area contributed by atoms with Crippen molar-refractivity contribution in [1.29, 1.82) is 0 Å². The monoisotopic (exact) mass is 242 g/mol. The standard InChI is InChI=1S/C16H18O2/c1-9(2)14-10-5-6-11(14)16-13(18-4)8-7-12(17-3)15(10)16/h5-8,10-11H,1-4H3. The molecule has 0 spiro atoms. The maximum absolute atomic E-state index is 5.53. The lowest BCUT2D eigenvalue weighted by Gasteiger charge is -2.17. The third-order valence-corrected chi connectivity index (χ3v) is 4.01. The van der Waals surface area contributed by atoms with Gasteiger partial charge in [0.2, 0.25) is 0 Å². The molecule has 0 aliphatic heterocycles. The van der Waals surface area contributed by atoms with Crippen LogP contribution < -0.4 is 9.47 Å². The average Bonchev–Trinajstić information content (AvgIpc) is 2.94. The molecule has 94 valence electrons. The Hall–Kier alpha value is -1.70. The van der Waals surface area contributed by atoms with Crippen LogP contribution in [0.2, 0.25) is 0 Å². The van der Waals surface area contributed by atoms with Crippen molar-refractivity contribution in [3.63, 3.8) is 0 Å². The lowest BCUT2D eigenvalue weighted by molar-refractivity contribution is 0.396. The molecule has 0 N–H and O–H groups in total. The molecule has 0 radical (unpaired) electrons. The number of benzene rings is 1. The molecule has 2 unspecified atom stereocenters. The van der Waals surface area contributed by atoms with Crippen LogP contribution in [-0.4, -0.2) is 14.2 Å². The zero-order valence-electron chi connectivity index (χ0n) is 11.3. The third-order valence-electron chi connectivity index (χ3n) is 4.01. The third kappa shape index (κ3) is 1.29. The molecule has 3 rings (SSSR count). The Balaban J connectivity index is 2.28. The molecule has 0 heterocycles. The minimum atomic E-state index is 0.375. The topological polar surface area (TPSA) is 18.5 Å².